The van der Waals surface area contributed by atoms with Crippen LogP contribution in [0.2, 0.25) is 0 Å². The summed E-state index contributed by atoms with van der Waals surface area (Å²) < 4.78 is 21.1. The molecule has 0 aliphatic carbocycles. The van der Waals surface area contributed by atoms with Crippen molar-refractivity contribution in [2.24, 2.45) is 0 Å². The molecule has 4 nitrogen and oxygen atoms in total. The number of unbranched alkanes of at least 4 members (excludes halogenated alkanes) is 6. The van der Waals surface area contributed by atoms with Gasteiger partial charge < -0.3 is 4.89 Å². The van der Waals surface area contributed by atoms with Gasteiger partial charge in [0.1, 0.15) is 0 Å². The standard InChI is InChI=1S/C12H27O4PS2.ClH/c1-3-5-7-9-11-18-15-17(13,14)16-19-12-10-8-6-4-2;/h3-12H2,1-2H3,(H,13,14);1H. The second-order valence-corrected chi connectivity index (χ2v) is 7.80. The van der Waals surface area contributed by atoms with E-state index in [2.05, 4.69) is 13.8 Å². The highest BCUT2D eigenvalue weighted by atomic mass is 35.5. The lowest BCUT2D eigenvalue weighted by Crippen LogP contribution is -1.88. The van der Waals surface area contributed by atoms with Gasteiger partial charge in [0.2, 0.25) is 0 Å². The summed E-state index contributed by atoms with van der Waals surface area (Å²) in [6, 6.07) is 0. The van der Waals surface area contributed by atoms with Crippen LogP contribution >= 0.6 is 44.3 Å². The van der Waals surface area contributed by atoms with Crippen molar-refractivity contribution in [3.63, 3.8) is 0 Å². The largest absolute Gasteiger partial charge is 0.494 e. The molecular weight excluding hydrogens is 339 g/mol. The monoisotopic (exact) mass is 366 g/mol. The molecule has 0 amide bonds. The Bertz CT molecular complexity index is 227. The number of phosphoric acid groups is 1. The summed E-state index contributed by atoms with van der Waals surface area (Å²) in [5.74, 6) is 1.46. The summed E-state index contributed by atoms with van der Waals surface area (Å²) in [6.45, 7) is 4.30. The zero-order valence-electron chi connectivity index (χ0n) is 12.4. The third-order valence-electron chi connectivity index (χ3n) is 2.46. The van der Waals surface area contributed by atoms with Gasteiger partial charge in [-0.3, -0.25) is 0 Å². The van der Waals surface area contributed by atoms with E-state index in [1.165, 1.54) is 25.7 Å². The van der Waals surface area contributed by atoms with Gasteiger partial charge in [0, 0.05) is 35.6 Å². The third-order valence-corrected chi connectivity index (χ3v) is 5.72. The first kappa shape index (κ1) is 23.4. The van der Waals surface area contributed by atoms with E-state index in [9.17, 15) is 9.46 Å². The zero-order chi connectivity index (χ0) is 14.4. The number of rotatable bonds is 14. The molecule has 20 heavy (non-hydrogen) atoms. The summed E-state index contributed by atoms with van der Waals surface area (Å²) in [4.78, 5) is 9.39. The number of hydrogen-bond acceptors (Lipinski definition) is 5. The average Bonchev–Trinajstić information content (AvgIpc) is 2.38. The van der Waals surface area contributed by atoms with E-state index in [-0.39, 0.29) is 12.4 Å². The second kappa shape index (κ2) is 16.5. The SMILES string of the molecule is CCCCCCSOP(=O)(O)OSCCCCCC.Cl. The van der Waals surface area contributed by atoms with Crippen LogP contribution in [0.5, 0.6) is 0 Å². The van der Waals surface area contributed by atoms with E-state index < -0.39 is 7.82 Å². The molecule has 0 aromatic carbocycles. The van der Waals surface area contributed by atoms with Gasteiger partial charge >= 0.3 is 7.82 Å². The Balaban J connectivity index is 0. The Morgan fingerprint density at radius 1 is 0.850 bits per heavy atom. The molecule has 1 N–H and O–H groups in total. The van der Waals surface area contributed by atoms with Gasteiger partial charge in [0.15, 0.2) is 0 Å². The summed E-state index contributed by atoms with van der Waals surface area (Å²) in [6.07, 6.45) is 9.03. The molecule has 0 fully saturated rings. The Morgan fingerprint density at radius 3 is 1.60 bits per heavy atom. The van der Waals surface area contributed by atoms with Crippen LogP contribution < -0.4 is 0 Å². The van der Waals surface area contributed by atoms with Crippen molar-refractivity contribution in [2.75, 3.05) is 11.5 Å². The van der Waals surface area contributed by atoms with Gasteiger partial charge in [-0.1, -0.05) is 52.4 Å². The van der Waals surface area contributed by atoms with E-state index >= 15 is 0 Å². The van der Waals surface area contributed by atoms with Gasteiger partial charge in [-0.15, -0.1) is 12.4 Å². The molecule has 0 spiro atoms. The minimum absolute atomic E-state index is 0. The molecule has 8 heteroatoms. The smallest absolute Gasteiger partial charge is 0.301 e. The molecule has 0 saturated heterocycles. The van der Waals surface area contributed by atoms with Crippen molar-refractivity contribution in [3.8, 4) is 0 Å². The number of halogens is 1. The molecule has 0 aromatic heterocycles. The minimum atomic E-state index is -3.88. The molecule has 0 rings (SSSR count). The lowest BCUT2D eigenvalue weighted by Gasteiger charge is -2.09. The lowest BCUT2D eigenvalue weighted by molar-refractivity contribution is 0.323. The Morgan fingerprint density at radius 2 is 1.25 bits per heavy atom. The van der Waals surface area contributed by atoms with Crippen molar-refractivity contribution in [3.05, 3.63) is 0 Å². The Hall–Kier alpha value is 1.10. The second-order valence-electron chi connectivity index (χ2n) is 4.38. The van der Waals surface area contributed by atoms with Crippen LogP contribution in [0.4, 0.5) is 0 Å². The predicted molar refractivity (Wildman–Crippen MR) is 92.4 cm³/mol. The highest BCUT2D eigenvalue weighted by Gasteiger charge is 2.22. The topological polar surface area (TPSA) is 55.8 Å². The maximum atomic E-state index is 11.5. The first-order valence-corrected chi connectivity index (χ1v) is 10.4. The molecule has 0 unspecified atom stereocenters. The molecule has 0 saturated carbocycles. The first-order valence-electron chi connectivity index (χ1n) is 7.07. The van der Waals surface area contributed by atoms with E-state index in [0.717, 1.165) is 61.3 Å². The molecule has 0 aliphatic heterocycles. The van der Waals surface area contributed by atoms with E-state index in [4.69, 9.17) is 7.94 Å². The molecule has 0 aromatic rings. The highest BCUT2D eigenvalue weighted by molar-refractivity contribution is 8.01. The molecule has 0 atom stereocenters. The molecular formula is C12H28ClO4PS2. The molecule has 0 heterocycles. The zero-order valence-corrected chi connectivity index (χ0v) is 15.8. The van der Waals surface area contributed by atoms with Crippen LogP contribution in [0.15, 0.2) is 0 Å². The highest BCUT2D eigenvalue weighted by Crippen LogP contribution is 2.50. The third kappa shape index (κ3) is 17.2. The van der Waals surface area contributed by atoms with E-state index in [1.54, 1.807) is 0 Å². The van der Waals surface area contributed by atoms with Gasteiger partial charge in [0.05, 0.1) is 0 Å². The van der Waals surface area contributed by atoms with Crippen LogP contribution in [0, 0.1) is 0 Å². The predicted octanol–water partition coefficient (Wildman–Crippen LogP) is 6.00. The average molecular weight is 367 g/mol. The van der Waals surface area contributed by atoms with Crippen LogP contribution in [0.3, 0.4) is 0 Å². The fourth-order valence-corrected chi connectivity index (χ4v) is 4.02. The van der Waals surface area contributed by atoms with Crippen molar-refractivity contribution in [1.29, 1.82) is 0 Å². The van der Waals surface area contributed by atoms with Crippen molar-refractivity contribution < 1.29 is 17.4 Å². The molecule has 124 valence electrons. The summed E-state index contributed by atoms with van der Waals surface area (Å²) in [5.41, 5.74) is 0. The summed E-state index contributed by atoms with van der Waals surface area (Å²) in [7, 11) is -3.88. The van der Waals surface area contributed by atoms with Gasteiger partial charge in [-0.25, -0.2) is 12.5 Å². The fraction of sp³-hybridized carbons (Fsp3) is 1.00. The van der Waals surface area contributed by atoms with Crippen LogP contribution in [-0.4, -0.2) is 16.4 Å². The van der Waals surface area contributed by atoms with Crippen molar-refractivity contribution >= 4 is 44.3 Å². The Kier molecular flexibility index (Phi) is 19.2. The molecule has 0 aliphatic rings. The minimum Gasteiger partial charge on any atom is -0.301 e. The van der Waals surface area contributed by atoms with Gasteiger partial charge in [0.25, 0.3) is 0 Å². The quantitative estimate of drug-likeness (QED) is 0.231. The summed E-state index contributed by atoms with van der Waals surface area (Å²) >= 11 is 2.06. The maximum absolute atomic E-state index is 11.5. The van der Waals surface area contributed by atoms with Gasteiger partial charge in [-0.05, 0) is 12.8 Å². The normalized spacial score (nSPS) is 11.3. The first-order chi connectivity index (χ1) is 9.12. The lowest BCUT2D eigenvalue weighted by atomic mass is 10.2. The maximum Gasteiger partial charge on any atom is 0.494 e. The van der Waals surface area contributed by atoms with Crippen LogP contribution in [-0.2, 0) is 12.5 Å². The van der Waals surface area contributed by atoms with E-state index in [0.29, 0.717) is 0 Å². The Labute approximate surface area is 138 Å². The fourth-order valence-electron chi connectivity index (χ4n) is 1.40. The van der Waals surface area contributed by atoms with Crippen LogP contribution in [0.1, 0.15) is 65.2 Å². The summed E-state index contributed by atoms with van der Waals surface area (Å²) in [5, 5.41) is 0. The van der Waals surface area contributed by atoms with Crippen molar-refractivity contribution in [1.82, 2.24) is 0 Å². The van der Waals surface area contributed by atoms with Gasteiger partial charge in [-0.2, -0.15) is 0 Å². The molecule has 0 radical (unpaired) electrons. The van der Waals surface area contributed by atoms with Crippen LogP contribution in [0.25, 0.3) is 0 Å². The van der Waals surface area contributed by atoms with Crippen molar-refractivity contribution in [2.45, 2.75) is 65.2 Å². The van der Waals surface area contributed by atoms with E-state index in [1.807, 2.05) is 0 Å². The number of hydrogen-bond donors (Lipinski definition) is 1. The molecule has 0 bridgehead atoms.